The van der Waals surface area contributed by atoms with E-state index in [0.717, 1.165) is 36.6 Å². The molecule has 9 heteroatoms. The Bertz CT molecular complexity index is 1070. The number of benzene rings is 1. The molecule has 1 saturated heterocycles. The molecule has 6 nitrogen and oxygen atoms in total. The minimum atomic E-state index is -3.31. The number of amides is 1. The molecule has 0 aliphatic carbocycles. The van der Waals surface area contributed by atoms with Gasteiger partial charge in [0.05, 0.1) is 17.9 Å². The summed E-state index contributed by atoms with van der Waals surface area (Å²) in [6.45, 7) is 2.32. The number of carbonyl (C=O) groups is 1. The summed E-state index contributed by atoms with van der Waals surface area (Å²) in [5.74, 6) is -1.46. The van der Waals surface area contributed by atoms with Gasteiger partial charge < -0.3 is 10.2 Å². The molecule has 30 heavy (non-hydrogen) atoms. The topological polar surface area (TPSA) is 79.4 Å². The third-order valence-corrected chi connectivity index (χ3v) is 5.86. The van der Waals surface area contributed by atoms with E-state index in [2.05, 4.69) is 10.3 Å². The van der Waals surface area contributed by atoms with Gasteiger partial charge in [-0.3, -0.25) is 4.79 Å². The van der Waals surface area contributed by atoms with Crippen molar-refractivity contribution in [1.29, 1.82) is 0 Å². The molecule has 160 valence electrons. The summed E-state index contributed by atoms with van der Waals surface area (Å²) in [6.07, 6.45) is 5.66. The largest absolute Gasteiger partial charge is 0.363 e. The molecule has 2 heterocycles. The van der Waals surface area contributed by atoms with Crippen LogP contribution < -0.4 is 10.2 Å². The number of hydrogen-bond acceptors (Lipinski definition) is 5. The molecule has 2 atom stereocenters. The van der Waals surface area contributed by atoms with Crippen LogP contribution in [0.5, 0.6) is 0 Å². The van der Waals surface area contributed by atoms with Crippen molar-refractivity contribution in [3.8, 4) is 0 Å². The lowest BCUT2D eigenvalue weighted by Crippen LogP contribution is -2.32. The van der Waals surface area contributed by atoms with Crippen LogP contribution in [0.3, 0.4) is 0 Å². The number of nitrogens with one attached hydrogen (secondary N) is 1. The van der Waals surface area contributed by atoms with E-state index >= 15 is 0 Å². The highest BCUT2D eigenvalue weighted by Crippen LogP contribution is 2.38. The maximum absolute atomic E-state index is 14.7. The predicted octanol–water partition coefficient (Wildman–Crippen LogP) is 3.89. The van der Waals surface area contributed by atoms with Crippen LogP contribution in [-0.2, 0) is 9.84 Å². The summed E-state index contributed by atoms with van der Waals surface area (Å²) in [5, 5.41) is 4.17. The van der Waals surface area contributed by atoms with E-state index in [1.807, 2.05) is 29.2 Å². The molecular weight excluding hydrogens is 429 g/mol. The Kier molecular flexibility index (Phi) is 6.77. The quantitative estimate of drug-likeness (QED) is 0.720. The van der Waals surface area contributed by atoms with Crippen molar-refractivity contribution in [1.82, 2.24) is 10.3 Å². The van der Waals surface area contributed by atoms with Gasteiger partial charge in [0.15, 0.2) is 21.3 Å². The van der Waals surface area contributed by atoms with E-state index in [-0.39, 0.29) is 11.7 Å². The molecule has 0 saturated carbocycles. The number of aromatic nitrogens is 1. The van der Waals surface area contributed by atoms with Gasteiger partial charge in [0, 0.05) is 35.3 Å². The fraction of sp³-hybridized carbons (Fsp3) is 0.333. The van der Waals surface area contributed by atoms with Gasteiger partial charge in [-0.05, 0) is 31.4 Å². The van der Waals surface area contributed by atoms with E-state index in [1.165, 1.54) is 18.3 Å². The molecule has 1 amide bonds. The van der Waals surface area contributed by atoms with Crippen LogP contribution in [0.2, 0.25) is 5.02 Å². The average Bonchev–Trinajstić information content (AvgIpc) is 3.15. The summed E-state index contributed by atoms with van der Waals surface area (Å²) >= 11 is 6.34. The van der Waals surface area contributed by atoms with E-state index in [0.29, 0.717) is 10.7 Å². The second kappa shape index (κ2) is 9.14. The molecule has 0 unspecified atom stereocenters. The minimum absolute atomic E-state index is 0.0146. The maximum Gasteiger partial charge on any atom is 0.273 e. The lowest BCUT2D eigenvalue weighted by atomic mass is 10.0. The number of halogens is 2. The van der Waals surface area contributed by atoms with Crippen molar-refractivity contribution in [2.75, 3.05) is 17.7 Å². The molecule has 0 spiro atoms. The second-order valence-electron chi connectivity index (χ2n) is 7.32. The van der Waals surface area contributed by atoms with Crippen molar-refractivity contribution < 1.29 is 17.6 Å². The summed E-state index contributed by atoms with van der Waals surface area (Å²) in [6, 6.07) is 8.29. The van der Waals surface area contributed by atoms with E-state index < -0.39 is 27.6 Å². The first-order valence-electron chi connectivity index (χ1n) is 9.51. The van der Waals surface area contributed by atoms with Crippen LogP contribution in [-0.4, -0.2) is 38.2 Å². The van der Waals surface area contributed by atoms with Crippen LogP contribution in [0, 0.1) is 5.82 Å². The summed E-state index contributed by atoms with van der Waals surface area (Å²) in [4.78, 5) is 18.4. The lowest BCUT2D eigenvalue weighted by molar-refractivity contribution is 0.0937. The Morgan fingerprint density at radius 2 is 2.13 bits per heavy atom. The van der Waals surface area contributed by atoms with Crippen LogP contribution in [0.4, 0.5) is 10.1 Å². The van der Waals surface area contributed by atoms with E-state index in [9.17, 15) is 17.6 Å². The van der Waals surface area contributed by atoms with Gasteiger partial charge in [-0.2, -0.15) is 0 Å². The van der Waals surface area contributed by atoms with Crippen molar-refractivity contribution in [3.05, 3.63) is 70.1 Å². The van der Waals surface area contributed by atoms with Crippen LogP contribution in [0.25, 0.3) is 0 Å². The lowest BCUT2D eigenvalue weighted by Gasteiger charge is -2.27. The molecule has 2 aromatic rings. The number of anilines is 1. The van der Waals surface area contributed by atoms with Gasteiger partial charge in [0.1, 0.15) is 0 Å². The Balaban J connectivity index is 1.77. The fourth-order valence-electron chi connectivity index (χ4n) is 3.48. The van der Waals surface area contributed by atoms with Crippen molar-refractivity contribution >= 4 is 33.0 Å². The average molecular weight is 452 g/mol. The zero-order chi connectivity index (χ0) is 21.9. The Morgan fingerprint density at radius 1 is 1.40 bits per heavy atom. The molecule has 3 rings (SSSR count). The smallest absolute Gasteiger partial charge is 0.273 e. The van der Waals surface area contributed by atoms with Crippen molar-refractivity contribution in [3.63, 3.8) is 0 Å². The third-order valence-electron chi connectivity index (χ3n) is 4.86. The molecule has 1 fully saturated rings. The second-order valence-corrected chi connectivity index (χ2v) is 9.66. The number of sulfone groups is 1. The number of carbonyl (C=O) groups excluding carboxylic acids is 1. The van der Waals surface area contributed by atoms with Crippen LogP contribution in [0.15, 0.2) is 48.0 Å². The number of pyridine rings is 1. The van der Waals surface area contributed by atoms with Gasteiger partial charge in [-0.1, -0.05) is 35.9 Å². The van der Waals surface area contributed by atoms with E-state index in [1.54, 1.807) is 6.92 Å². The molecule has 1 aromatic heterocycles. The maximum atomic E-state index is 14.7. The summed E-state index contributed by atoms with van der Waals surface area (Å²) in [5.41, 5.74) is 1.22. The number of nitrogens with zero attached hydrogens (tertiary/aromatic N) is 2. The summed E-state index contributed by atoms with van der Waals surface area (Å²) < 4.78 is 37.0. The minimum Gasteiger partial charge on any atom is -0.363 e. The molecule has 1 aromatic carbocycles. The SMILES string of the molecule is C[C@H](/C=C/S(C)(=O)=O)NC(=O)c1ncc(N2CCC[C@H]2c2ccccc2Cl)cc1F. The fourth-order valence-corrected chi connectivity index (χ4v) is 4.26. The first kappa shape index (κ1) is 22.2. The van der Waals surface area contributed by atoms with Crippen LogP contribution in [0.1, 0.15) is 41.9 Å². The number of hydrogen-bond donors (Lipinski definition) is 1. The molecule has 0 radical (unpaired) electrons. The zero-order valence-electron chi connectivity index (χ0n) is 16.7. The Labute approximate surface area is 180 Å². The monoisotopic (exact) mass is 451 g/mol. The van der Waals surface area contributed by atoms with Gasteiger partial charge in [0.25, 0.3) is 5.91 Å². The predicted molar refractivity (Wildman–Crippen MR) is 116 cm³/mol. The molecule has 1 aliphatic rings. The standard InChI is InChI=1S/C21H23ClFN3O3S/c1-14(9-11-30(2,28)29)25-21(27)20-18(23)12-15(13-24-20)26-10-5-8-19(26)16-6-3-4-7-17(16)22/h3-4,6-7,9,11-14,19H,5,8,10H2,1-2H3,(H,25,27)/b11-9+/t14-,19+/m1/s1. The van der Waals surface area contributed by atoms with Gasteiger partial charge in [-0.25, -0.2) is 17.8 Å². The van der Waals surface area contributed by atoms with Gasteiger partial charge in [-0.15, -0.1) is 0 Å². The Morgan fingerprint density at radius 3 is 2.80 bits per heavy atom. The first-order valence-corrected chi connectivity index (χ1v) is 11.8. The number of rotatable bonds is 6. The first-order chi connectivity index (χ1) is 14.2. The third kappa shape index (κ3) is 5.37. The van der Waals surface area contributed by atoms with Crippen molar-refractivity contribution in [2.45, 2.75) is 31.8 Å². The normalized spacial score (nSPS) is 18.0. The molecule has 1 N–H and O–H groups in total. The summed E-state index contributed by atoms with van der Waals surface area (Å²) in [7, 11) is -3.31. The van der Waals surface area contributed by atoms with E-state index in [4.69, 9.17) is 11.6 Å². The highest BCUT2D eigenvalue weighted by atomic mass is 35.5. The highest BCUT2D eigenvalue weighted by molar-refractivity contribution is 7.93. The van der Waals surface area contributed by atoms with Crippen molar-refractivity contribution in [2.24, 2.45) is 0 Å². The zero-order valence-corrected chi connectivity index (χ0v) is 18.3. The van der Waals surface area contributed by atoms with Gasteiger partial charge in [0.2, 0.25) is 0 Å². The molecular formula is C21H23ClFN3O3S. The van der Waals surface area contributed by atoms with Crippen LogP contribution >= 0.6 is 11.6 Å². The Hall–Kier alpha value is -2.45. The molecule has 1 aliphatic heterocycles. The molecule has 0 bridgehead atoms. The van der Waals surface area contributed by atoms with Gasteiger partial charge >= 0.3 is 0 Å². The highest BCUT2D eigenvalue weighted by Gasteiger charge is 2.29.